The summed E-state index contributed by atoms with van der Waals surface area (Å²) in [5.41, 5.74) is 1.50. The van der Waals surface area contributed by atoms with E-state index >= 15 is 0 Å². The van der Waals surface area contributed by atoms with Crippen LogP contribution in [0.2, 0.25) is 0 Å². The maximum absolute atomic E-state index is 14.9. The number of fused-ring (bicyclic) bond motifs is 1. The normalized spacial score (nSPS) is 16.2. The maximum atomic E-state index is 14.9. The Morgan fingerprint density at radius 3 is 1.88 bits per heavy atom. The van der Waals surface area contributed by atoms with Crippen molar-refractivity contribution >= 4 is 81.3 Å². The van der Waals surface area contributed by atoms with E-state index in [-0.39, 0.29) is 22.2 Å². The molecule has 2 N–H and O–H groups in total. The first-order valence-corrected chi connectivity index (χ1v) is 26.2. The summed E-state index contributed by atoms with van der Waals surface area (Å²) in [7, 11) is 0. The number of nitrogens with zero attached hydrogens (tertiary/aromatic N) is 3. The highest BCUT2D eigenvalue weighted by atomic mass is 32.2. The van der Waals surface area contributed by atoms with Gasteiger partial charge in [0.1, 0.15) is 28.4 Å². The molecule has 1 fully saturated rings. The number of hydrogen-bond donors (Lipinski definition) is 2. The minimum Gasteiger partial charge on any atom is -0.448 e. The molecule has 352 valence electrons. The molecule has 2 aliphatic heterocycles. The molecule has 8 rings (SSSR count). The average Bonchev–Trinajstić information content (AvgIpc) is 3.83. The predicted molar refractivity (Wildman–Crippen MR) is 277 cm³/mol. The van der Waals surface area contributed by atoms with Crippen LogP contribution in [0, 0.1) is 0 Å². The van der Waals surface area contributed by atoms with Gasteiger partial charge in [0.15, 0.2) is 16.9 Å². The van der Waals surface area contributed by atoms with Crippen LogP contribution in [0.1, 0.15) is 60.4 Å². The zero-order chi connectivity index (χ0) is 48.4. The summed E-state index contributed by atoms with van der Waals surface area (Å²) in [6, 6.07) is 46.4. The first-order chi connectivity index (χ1) is 33.5. The number of rotatable bonds is 17. The topological polar surface area (TPSA) is 149 Å². The molecule has 0 spiro atoms. The van der Waals surface area contributed by atoms with Crippen LogP contribution in [0.25, 0.3) is 0 Å². The first-order valence-electron chi connectivity index (χ1n) is 22.0. The number of β-lactam (4-membered cyclic amide) rings is 1. The predicted octanol–water partition coefficient (Wildman–Crippen LogP) is 10.8. The molecule has 0 aliphatic carbocycles. The molecule has 1 saturated heterocycles. The van der Waals surface area contributed by atoms with Crippen LogP contribution < -0.4 is 10.6 Å². The van der Waals surface area contributed by atoms with Crippen LogP contribution in [0.4, 0.5) is 9.93 Å². The van der Waals surface area contributed by atoms with Crippen molar-refractivity contribution in [1.82, 2.24) is 15.2 Å². The Labute approximate surface area is 418 Å². The molecule has 2 aliphatic rings. The van der Waals surface area contributed by atoms with Crippen LogP contribution in [0.3, 0.4) is 0 Å². The molecule has 6 aromatic rings. The van der Waals surface area contributed by atoms with Crippen molar-refractivity contribution in [2.75, 3.05) is 23.1 Å². The van der Waals surface area contributed by atoms with Crippen LogP contribution >= 0.6 is 46.6 Å². The van der Waals surface area contributed by atoms with E-state index in [0.717, 1.165) is 44.9 Å². The third-order valence-electron chi connectivity index (χ3n) is 10.8. The van der Waals surface area contributed by atoms with E-state index in [1.165, 1.54) is 28.4 Å². The fraction of sp³-hybridized carbons (Fsp3) is 0.208. The monoisotopic (exact) mass is 995 g/mol. The van der Waals surface area contributed by atoms with Gasteiger partial charge >= 0.3 is 12.1 Å². The quantitative estimate of drug-likeness (QED) is 0.0296. The van der Waals surface area contributed by atoms with Gasteiger partial charge in [-0.1, -0.05) is 175 Å². The summed E-state index contributed by atoms with van der Waals surface area (Å²) in [5.74, 6) is -0.811. The number of carbonyl (C=O) groups excluding carboxylic acids is 4. The van der Waals surface area contributed by atoms with Crippen molar-refractivity contribution < 1.29 is 33.5 Å². The van der Waals surface area contributed by atoms with Crippen molar-refractivity contribution in [3.8, 4) is 0 Å². The fourth-order valence-electron chi connectivity index (χ4n) is 7.72. The number of amides is 3. The Morgan fingerprint density at radius 1 is 0.826 bits per heavy atom. The highest BCUT2D eigenvalue weighted by Gasteiger charge is 2.55. The average molecular weight is 996 g/mol. The summed E-state index contributed by atoms with van der Waals surface area (Å²) >= 11 is 5.51. The van der Waals surface area contributed by atoms with E-state index in [1.807, 2.05) is 169 Å². The molecule has 0 radical (unpaired) electrons. The van der Waals surface area contributed by atoms with Gasteiger partial charge in [0.05, 0.1) is 0 Å². The van der Waals surface area contributed by atoms with Crippen LogP contribution in [0.15, 0.2) is 184 Å². The van der Waals surface area contributed by atoms with Crippen LogP contribution in [0.5, 0.6) is 0 Å². The lowest BCUT2D eigenvalue weighted by Crippen LogP contribution is -2.71. The molecule has 1 unspecified atom stereocenters. The van der Waals surface area contributed by atoms with Crippen LogP contribution in [-0.4, -0.2) is 74.3 Å². The van der Waals surface area contributed by atoms with Crippen molar-refractivity contribution in [2.45, 2.75) is 49.5 Å². The lowest BCUT2D eigenvalue weighted by atomic mass is 9.80. The van der Waals surface area contributed by atoms with Crippen molar-refractivity contribution in [1.29, 1.82) is 0 Å². The molecule has 0 bridgehead atoms. The molecular formula is C53H49N5O7S4. The Bertz CT molecular complexity index is 2700. The highest BCUT2D eigenvalue weighted by Crippen LogP contribution is 2.45. The number of oxime groups is 1. The summed E-state index contributed by atoms with van der Waals surface area (Å²) < 4.78 is 11.8. The zero-order valence-electron chi connectivity index (χ0n) is 38.1. The number of aromatic nitrogens is 1. The van der Waals surface area contributed by atoms with Gasteiger partial charge in [0, 0.05) is 38.5 Å². The van der Waals surface area contributed by atoms with Crippen molar-refractivity contribution in [3.63, 3.8) is 0 Å². The minimum absolute atomic E-state index is 0.0688. The molecule has 0 saturated carbocycles. The summed E-state index contributed by atoms with van der Waals surface area (Å²) in [6.07, 6.45) is 2.51. The lowest BCUT2D eigenvalue weighted by molar-refractivity contribution is -0.154. The number of hydrogen-bond acceptors (Lipinski definition) is 13. The Morgan fingerprint density at radius 2 is 1.36 bits per heavy atom. The number of thiazole rings is 1. The minimum atomic E-state index is -1.37. The van der Waals surface area contributed by atoms with Gasteiger partial charge in [-0.05, 0) is 43.6 Å². The van der Waals surface area contributed by atoms with Gasteiger partial charge in [-0.2, -0.15) is 11.8 Å². The van der Waals surface area contributed by atoms with Gasteiger partial charge < -0.3 is 19.6 Å². The third-order valence-corrected chi connectivity index (χ3v) is 14.5. The van der Waals surface area contributed by atoms with E-state index in [4.69, 9.17) is 14.3 Å². The fourth-order valence-corrected chi connectivity index (χ4v) is 11.1. The zero-order valence-corrected chi connectivity index (χ0v) is 41.4. The number of benzene rings is 5. The number of anilines is 1. The molecule has 3 amide bonds. The SMILES string of the molecule is CSC/C=C\SC1=C(C(=O)OC(c2ccccc2)c2ccccc2)N2C(=O)C(NC(=O)/C(=N\OC(c3ccccc3)(c3ccccc3)c3ccccc3)c3csc(NC(=O)OC(C)(C)C)n3)[C@H]2SC1. The van der Waals surface area contributed by atoms with E-state index in [2.05, 4.69) is 20.8 Å². The second kappa shape index (κ2) is 22.2. The molecule has 3 heterocycles. The van der Waals surface area contributed by atoms with Gasteiger partial charge in [-0.25, -0.2) is 14.6 Å². The molecular weight excluding hydrogens is 947 g/mol. The number of thioether (sulfide) groups is 3. The summed E-state index contributed by atoms with van der Waals surface area (Å²) in [6.45, 7) is 5.24. The van der Waals surface area contributed by atoms with Gasteiger partial charge in [-0.15, -0.1) is 23.1 Å². The number of ether oxygens (including phenoxy) is 2. The van der Waals surface area contributed by atoms with Gasteiger partial charge in [0.25, 0.3) is 11.8 Å². The molecule has 2 atom stereocenters. The standard InChI is InChI=1S/C53H49N5O7S4/c1-52(2,3)64-51(62)56-50-54-40(33-69-50)42(57-65-53(37-25-14-7-15-26-37,38-27-16-8-17-28-38)39-29-18-9-19-30-39)46(59)55-43-47(60)58-44(41(34-68-48(43)58)67-32-20-31-66-4)49(61)63-45(35-21-10-5-11-22-35)36-23-12-6-13-24-36/h5-30,32-33,43,45,48H,31,34H2,1-4H3,(H,55,59)(H,54,56,62)/b32-20-,57-42-/t43?,48-/m1/s1. The number of carbonyl (C=O) groups is 4. The maximum Gasteiger partial charge on any atom is 0.413 e. The molecule has 1 aromatic heterocycles. The molecule has 69 heavy (non-hydrogen) atoms. The smallest absolute Gasteiger partial charge is 0.413 e. The Hall–Kier alpha value is -6.59. The van der Waals surface area contributed by atoms with Gasteiger partial charge in [0.2, 0.25) is 5.60 Å². The van der Waals surface area contributed by atoms with Gasteiger partial charge in [-0.3, -0.25) is 19.8 Å². The second-order valence-electron chi connectivity index (χ2n) is 16.7. The Balaban J connectivity index is 1.14. The number of esters is 1. The highest BCUT2D eigenvalue weighted by molar-refractivity contribution is 8.08. The first kappa shape index (κ1) is 48.9. The second-order valence-corrected chi connectivity index (χ2v) is 20.5. The van der Waals surface area contributed by atoms with Crippen LogP contribution in [-0.2, 0) is 34.3 Å². The van der Waals surface area contributed by atoms with Crippen molar-refractivity contribution in [2.24, 2.45) is 5.16 Å². The van der Waals surface area contributed by atoms with E-state index in [9.17, 15) is 19.2 Å². The third kappa shape index (κ3) is 11.3. The lowest BCUT2D eigenvalue weighted by Gasteiger charge is -2.49. The van der Waals surface area contributed by atoms with Crippen molar-refractivity contribution in [3.05, 3.63) is 213 Å². The largest absolute Gasteiger partial charge is 0.448 e. The Kier molecular flexibility index (Phi) is 15.7. The molecule has 12 nitrogen and oxygen atoms in total. The molecule has 5 aromatic carbocycles. The molecule has 16 heteroatoms. The summed E-state index contributed by atoms with van der Waals surface area (Å²) in [5, 5.41) is 13.2. The van der Waals surface area contributed by atoms with E-state index in [0.29, 0.717) is 10.7 Å². The van der Waals surface area contributed by atoms with E-state index in [1.54, 1.807) is 37.9 Å². The number of nitrogens with one attached hydrogen (secondary N) is 2. The van der Waals surface area contributed by atoms with E-state index < -0.39 is 52.6 Å². The summed E-state index contributed by atoms with van der Waals surface area (Å²) in [4.78, 5) is 70.3.